The summed E-state index contributed by atoms with van der Waals surface area (Å²) in [5, 5.41) is 3.54. The molecule has 0 saturated carbocycles. The van der Waals surface area contributed by atoms with Gasteiger partial charge in [-0.05, 0) is 48.5 Å². The van der Waals surface area contributed by atoms with Gasteiger partial charge in [0.2, 0.25) is 5.91 Å². The number of anilines is 2. The molecular weight excluding hydrogens is 478 g/mol. The first-order chi connectivity index (χ1) is 16.3. The van der Waals surface area contributed by atoms with Crippen LogP contribution in [0.5, 0.6) is 5.75 Å². The molecule has 172 valence electrons. The molecule has 3 aromatic rings. The fraction of sp³-hybridized carbons (Fsp3) is 0.125. The molecule has 1 N–H and O–H groups in total. The van der Waals surface area contributed by atoms with E-state index in [9.17, 15) is 18.0 Å². The minimum absolute atomic E-state index is 0.0465. The zero-order chi connectivity index (χ0) is 23.9. The predicted molar refractivity (Wildman–Crippen MR) is 128 cm³/mol. The highest BCUT2D eigenvalue weighted by Gasteiger charge is 2.36. The molecule has 1 saturated heterocycles. The second kappa shape index (κ2) is 8.58. The van der Waals surface area contributed by atoms with Crippen molar-refractivity contribution >= 4 is 50.7 Å². The van der Waals surface area contributed by atoms with Gasteiger partial charge in [0, 0.05) is 41.0 Å². The van der Waals surface area contributed by atoms with Crippen molar-refractivity contribution in [3.05, 3.63) is 83.4 Å². The van der Waals surface area contributed by atoms with Gasteiger partial charge in [0.15, 0.2) is 5.84 Å². The van der Waals surface area contributed by atoms with Crippen LogP contribution in [-0.2, 0) is 19.6 Å². The Labute approximate surface area is 200 Å². The van der Waals surface area contributed by atoms with E-state index >= 15 is 0 Å². The third kappa shape index (κ3) is 4.27. The molecule has 8 nitrogen and oxygen atoms in total. The molecular formula is C24H18ClN3O5S. The van der Waals surface area contributed by atoms with E-state index in [-0.39, 0.29) is 35.4 Å². The lowest BCUT2D eigenvalue weighted by atomic mass is 10.1. The summed E-state index contributed by atoms with van der Waals surface area (Å²) < 4.78 is 33.8. The first-order valence-corrected chi connectivity index (χ1v) is 12.2. The molecule has 3 aromatic carbocycles. The van der Waals surface area contributed by atoms with Gasteiger partial charge >= 0.3 is 5.97 Å². The van der Waals surface area contributed by atoms with Crippen LogP contribution in [-0.4, -0.2) is 32.7 Å². The van der Waals surface area contributed by atoms with Gasteiger partial charge in [-0.15, -0.1) is 4.40 Å². The SMILES string of the molecule is O=C(Oc1cccc(NC2=NS(=O)(=O)c3ccccc32)c1)C1CC(=O)N(c2ccc(Cl)cc2)C1. The summed E-state index contributed by atoms with van der Waals surface area (Å²) in [4.78, 5) is 26.9. The van der Waals surface area contributed by atoms with Crippen molar-refractivity contribution in [1.29, 1.82) is 0 Å². The topological polar surface area (TPSA) is 105 Å². The van der Waals surface area contributed by atoms with Crippen LogP contribution in [0.4, 0.5) is 11.4 Å². The van der Waals surface area contributed by atoms with E-state index in [1.54, 1.807) is 66.7 Å². The van der Waals surface area contributed by atoms with Crippen LogP contribution in [0, 0.1) is 5.92 Å². The van der Waals surface area contributed by atoms with Gasteiger partial charge in [0.25, 0.3) is 10.0 Å². The van der Waals surface area contributed by atoms with Crippen molar-refractivity contribution < 1.29 is 22.7 Å². The summed E-state index contributed by atoms with van der Waals surface area (Å²) in [6, 6.07) is 19.9. The van der Waals surface area contributed by atoms with Gasteiger partial charge < -0.3 is 15.0 Å². The van der Waals surface area contributed by atoms with Gasteiger partial charge in [-0.25, -0.2) is 0 Å². The number of ether oxygens (including phenoxy) is 1. The van der Waals surface area contributed by atoms with Crippen LogP contribution in [0.3, 0.4) is 0 Å². The molecule has 1 fully saturated rings. The molecule has 0 bridgehead atoms. The number of nitrogens with zero attached hydrogens (tertiary/aromatic N) is 2. The summed E-state index contributed by atoms with van der Waals surface area (Å²) in [6.45, 7) is 0.211. The Balaban J connectivity index is 1.28. The van der Waals surface area contributed by atoms with Crippen molar-refractivity contribution in [2.24, 2.45) is 10.3 Å². The van der Waals surface area contributed by atoms with Gasteiger partial charge in [-0.1, -0.05) is 29.8 Å². The number of fused-ring (bicyclic) bond motifs is 1. The Bertz CT molecular complexity index is 1440. The lowest BCUT2D eigenvalue weighted by Crippen LogP contribution is -2.27. The fourth-order valence-corrected chi connectivity index (χ4v) is 5.21. The maximum absolute atomic E-state index is 12.8. The van der Waals surface area contributed by atoms with Crippen LogP contribution in [0.15, 0.2) is 82.1 Å². The monoisotopic (exact) mass is 495 g/mol. The van der Waals surface area contributed by atoms with E-state index in [4.69, 9.17) is 16.3 Å². The van der Waals surface area contributed by atoms with E-state index in [1.165, 1.54) is 11.0 Å². The Morgan fingerprint density at radius 1 is 1.06 bits per heavy atom. The Hall–Kier alpha value is -3.69. The van der Waals surface area contributed by atoms with Crippen molar-refractivity contribution in [2.75, 3.05) is 16.8 Å². The quantitative estimate of drug-likeness (QED) is 0.435. The molecule has 2 aliphatic heterocycles. The van der Waals surface area contributed by atoms with Crippen molar-refractivity contribution in [3.8, 4) is 5.75 Å². The highest BCUT2D eigenvalue weighted by Crippen LogP contribution is 2.29. The number of hydrogen-bond donors (Lipinski definition) is 1. The standard InChI is InChI=1S/C24H18ClN3O5S/c25-16-8-10-18(11-9-16)28-14-15(12-22(28)29)24(30)33-19-5-3-4-17(13-19)26-23-20-6-1-2-7-21(20)34(31,32)27-23/h1-11,13,15H,12,14H2,(H,26,27). The molecule has 0 aliphatic carbocycles. The molecule has 10 heteroatoms. The van der Waals surface area contributed by atoms with Crippen LogP contribution in [0.2, 0.25) is 5.02 Å². The van der Waals surface area contributed by atoms with Gasteiger partial charge in [-0.2, -0.15) is 8.42 Å². The number of nitrogens with one attached hydrogen (secondary N) is 1. The Morgan fingerprint density at radius 3 is 2.62 bits per heavy atom. The van der Waals surface area contributed by atoms with Crippen molar-refractivity contribution in [2.45, 2.75) is 11.3 Å². The fourth-order valence-electron chi connectivity index (χ4n) is 3.91. The molecule has 0 radical (unpaired) electrons. The van der Waals surface area contributed by atoms with E-state index in [0.29, 0.717) is 22.0 Å². The number of amides is 1. The molecule has 2 heterocycles. The lowest BCUT2D eigenvalue weighted by molar-refractivity contribution is -0.139. The van der Waals surface area contributed by atoms with Crippen LogP contribution in [0.1, 0.15) is 12.0 Å². The van der Waals surface area contributed by atoms with Crippen LogP contribution < -0.4 is 15.0 Å². The number of hydrogen-bond acceptors (Lipinski definition) is 6. The molecule has 0 spiro atoms. The number of amidine groups is 1. The summed E-state index contributed by atoms with van der Waals surface area (Å²) in [5.74, 6) is -0.843. The number of sulfonamides is 1. The van der Waals surface area contributed by atoms with Gasteiger partial charge in [-0.3, -0.25) is 9.59 Å². The summed E-state index contributed by atoms with van der Waals surface area (Å²) in [6.07, 6.45) is 0.0465. The zero-order valence-electron chi connectivity index (χ0n) is 17.6. The predicted octanol–water partition coefficient (Wildman–Crippen LogP) is 3.86. The van der Waals surface area contributed by atoms with Gasteiger partial charge in [0.05, 0.1) is 5.92 Å². The number of halogens is 1. The van der Waals surface area contributed by atoms with E-state index in [2.05, 4.69) is 9.71 Å². The average Bonchev–Trinajstić information content (AvgIpc) is 3.32. The maximum Gasteiger partial charge on any atom is 0.316 e. The Kier molecular flexibility index (Phi) is 5.59. The molecule has 1 unspecified atom stereocenters. The van der Waals surface area contributed by atoms with Crippen molar-refractivity contribution in [3.63, 3.8) is 0 Å². The maximum atomic E-state index is 12.8. The molecule has 2 aliphatic rings. The molecule has 0 aromatic heterocycles. The van der Waals surface area contributed by atoms with Crippen LogP contribution >= 0.6 is 11.6 Å². The minimum Gasteiger partial charge on any atom is -0.426 e. The highest BCUT2D eigenvalue weighted by atomic mass is 35.5. The largest absolute Gasteiger partial charge is 0.426 e. The third-order valence-electron chi connectivity index (χ3n) is 5.54. The number of carbonyl (C=O) groups excluding carboxylic acids is 2. The lowest BCUT2D eigenvalue weighted by Gasteiger charge is -2.16. The normalized spacial score (nSPS) is 18.4. The van der Waals surface area contributed by atoms with E-state index in [0.717, 1.165) is 0 Å². The van der Waals surface area contributed by atoms with E-state index in [1.807, 2.05) is 0 Å². The molecule has 34 heavy (non-hydrogen) atoms. The number of rotatable bonds is 4. The zero-order valence-corrected chi connectivity index (χ0v) is 19.2. The number of benzene rings is 3. The highest BCUT2D eigenvalue weighted by molar-refractivity contribution is 7.90. The summed E-state index contributed by atoms with van der Waals surface area (Å²) >= 11 is 5.91. The average molecular weight is 496 g/mol. The summed E-state index contributed by atoms with van der Waals surface area (Å²) in [7, 11) is -3.75. The first kappa shape index (κ1) is 22.1. The number of esters is 1. The minimum atomic E-state index is -3.75. The molecule has 1 amide bonds. The van der Waals surface area contributed by atoms with E-state index < -0.39 is 21.9 Å². The second-order valence-electron chi connectivity index (χ2n) is 7.87. The Morgan fingerprint density at radius 2 is 1.82 bits per heavy atom. The van der Waals surface area contributed by atoms with Crippen LogP contribution in [0.25, 0.3) is 0 Å². The van der Waals surface area contributed by atoms with Crippen molar-refractivity contribution in [1.82, 2.24) is 0 Å². The second-order valence-corrected chi connectivity index (χ2v) is 9.88. The number of carbonyl (C=O) groups is 2. The summed E-state index contributed by atoms with van der Waals surface area (Å²) in [5.41, 5.74) is 1.64. The molecule has 1 atom stereocenters. The smallest absolute Gasteiger partial charge is 0.316 e. The molecule has 5 rings (SSSR count). The third-order valence-corrected chi connectivity index (χ3v) is 7.13. The first-order valence-electron chi connectivity index (χ1n) is 10.4. The van der Waals surface area contributed by atoms with Gasteiger partial charge in [0.1, 0.15) is 10.6 Å².